The van der Waals surface area contributed by atoms with Crippen LogP contribution in [-0.4, -0.2) is 66.9 Å². The van der Waals surface area contributed by atoms with Gasteiger partial charge < -0.3 is 24.8 Å². The highest BCUT2D eigenvalue weighted by Gasteiger charge is 2.37. The van der Waals surface area contributed by atoms with Gasteiger partial charge in [0.25, 0.3) is 5.91 Å². The molecule has 3 unspecified atom stereocenters. The quantitative estimate of drug-likeness (QED) is 0.598. The van der Waals surface area contributed by atoms with Gasteiger partial charge in [0.05, 0.1) is 5.92 Å². The third kappa shape index (κ3) is 5.17. The van der Waals surface area contributed by atoms with E-state index in [4.69, 9.17) is 9.47 Å². The molecule has 2 N–H and O–H groups in total. The molecule has 8 nitrogen and oxygen atoms in total. The maximum Gasteiger partial charge on any atom is 0.407 e. The molecule has 0 bridgehead atoms. The number of piperidine rings is 1. The van der Waals surface area contributed by atoms with Crippen molar-refractivity contribution in [1.29, 1.82) is 0 Å². The SMILES string of the molecule is COC(CCNC(=O)OCC1c2ccccc2-c2ccccc21)C(=O)N1CCCC(C(=O)O)C1C. The Balaban J connectivity index is 1.28. The number of amides is 2. The highest BCUT2D eigenvalue weighted by molar-refractivity contribution is 5.83. The number of ether oxygens (including phenoxy) is 2. The number of carboxylic acid groups (broad SMARTS) is 1. The molecule has 1 saturated heterocycles. The smallest absolute Gasteiger partial charge is 0.407 e. The number of fused-ring (bicyclic) bond motifs is 3. The number of carbonyl (C=O) groups is 3. The van der Waals surface area contributed by atoms with Crippen molar-refractivity contribution in [2.75, 3.05) is 26.8 Å². The number of hydrogen-bond acceptors (Lipinski definition) is 5. The minimum Gasteiger partial charge on any atom is -0.481 e. The zero-order valence-corrected chi connectivity index (χ0v) is 20.1. The van der Waals surface area contributed by atoms with E-state index >= 15 is 0 Å². The lowest BCUT2D eigenvalue weighted by molar-refractivity contribution is -0.153. The molecule has 1 aliphatic carbocycles. The van der Waals surface area contributed by atoms with Gasteiger partial charge in [0, 0.05) is 38.6 Å². The molecule has 0 saturated carbocycles. The van der Waals surface area contributed by atoms with Crippen LogP contribution in [0.3, 0.4) is 0 Å². The number of carbonyl (C=O) groups excluding carboxylic acids is 2. The van der Waals surface area contributed by atoms with Gasteiger partial charge in [-0.1, -0.05) is 48.5 Å². The number of methoxy groups -OCH3 is 1. The van der Waals surface area contributed by atoms with Gasteiger partial charge in [-0.05, 0) is 42.0 Å². The molecule has 1 heterocycles. The van der Waals surface area contributed by atoms with E-state index in [1.807, 2.05) is 24.3 Å². The summed E-state index contributed by atoms with van der Waals surface area (Å²) in [6, 6.07) is 15.9. The number of nitrogens with one attached hydrogen (secondary N) is 1. The molecule has 3 atom stereocenters. The molecule has 35 heavy (non-hydrogen) atoms. The fourth-order valence-electron chi connectivity index (χ4n) is 5.27. The molecule has 8 heteroatoms. The number of carboxylic acids is 1. The minimum absolute atomic E-state index is 0.0239. The van der Waals surface area contributed by atoms with Crippen LogP contribution >= 0.6 is 0 Å². The van der Waals surface area contributed by atoms with Crippen LogP contribution in [0.25, 0.3) is 11.1 Å². The Kier molecular flexibility index (Phi) is 7.70. The normalized spacial score (nSPS) is 20.0. The van der Waals surface area contributed by atoms with E-state index in [1.165, 1.54) is 7.11 Å². The van der Waals surface area contributed by atoms with Gasteiger partial charge in [-0.15, -0.1) is 0 Å². The van der Waals surface area contributed by atoms with Gasteiger partial charge in [0.1, 0.15) is 12.7 Å². The molecule has 0 spiro atoms. The standard InChI is InChI=1S/C27H32N2O6/c1-17-18(26(31)32)12-7-15-29(17)25(30)24(34-2)13-14-28-27(33)35-16-23-21-10-5-3-8-19(21)20-9-4-6-11-22(20)23/h3-6,8-11,17-18,23-24H,7,12-16H2,1-2H3,(H,28,33)(H,31,32). The summed E-state index contributed by atoms with van der Waals surface area (Å²) < 4.78 is 10.9. The Morgan fingerprint density at radius 2 is 1.71 bits per heavy atom. The van der Waals surface area contributed by atoms with Crippen LogP contribution in [0.1, 0.15) is 43.2 Å². The van der Waals surface area contributed by atoms with Crippen LogP contribution in [0, 0.1) is 5.92 Å². The highest BCUT2D eigenvalue weighted by Crippen LogP contribution is 2.44. The molecule has 2 aliphatic rings. The largest absolute Gasteiger partial charge is 0.481 e. The third-order valence-electron chi connectivity index (χ3n) is 7.17. The Morgan fingerprint density at radius 3 is 2.31 bits per heavy atom. The van der Waals surface area contributed by atoms with E-state index < -0.39 is 30.1 Å². The van der Waals surface area contributed by atoms with E-state index in [0.717, 1.165) is 22.3 Å². The summed E-state index contributed by atoms with van der Waals surface area (Å²) in [6.45, 7) is 2.68. The van der Waals surface area contributed by atoms with Gasteiger partial charge in [-0.25, -0.2) is 4.79 Å². The highest BCUT2D eigenvalue weighted by atomic mass is 16.5. The first-order valence-corrected chi connectivity index (χ1v) is 12.1. The summed E-state index contributed by atoms with van der Waals surface area (Å²) in [5.74, 6) is -1.74. The maximum atomic E-state index is 13.0. The number of nitrogens with zero attached hydrogens (tertiary/aromatic N) is 1. The van der Waals surface area contributed by atoms with Gasteiger partial charge in [0.2, 0.25) is 0 Å². The molecule has 0 aromatic heterocycles. The van der Waals surface area contributed by atoms with Gasteiger partial charge in [-0.2, -0.15) is 0 Å². The van der Waals surface area contributed by atoms with Crippen molar-refractivity contribution >= 4 is 18.0 Å². The second-order valence-electron chi connectivity index (χ2n) is 9.12. The molecule has 0 radical (unpaired) electrons. The first kappa shape index (κ1) is 24.7. The Bertz CT molecular complexity index is 1040. The molecule has 1 aliphatic heterocycles. The van der Waals surface area contributed by atoms with E-state index in [1.54, 1.807) is 11.8 Å². The number of alkyl carbamates (subject to hydrolysis) is 1. The fourth-order valence-corrected chi connectivity index (χ4v) is 5.27. The van der Waals surface area contributed by atoms with Gasteiger partial charge >= 0.3 is 12.1 Å². The van der Waals surface area contributed by atoms with Crippen molar-refractivity contribution in [3.8, 4) is 11.1 Å². The fraction of sp³-hybridized carbons (Fsp3) is 0.444. The summed E-state index contributed by atoms with van der Waals surface area (Å²) >= 11 is 0. The van der Waals surface area contributed by atoms with Gasteiger partial charge in [0.15, 0.2) is 0 Å². The Morgan fingerprint density at radius 1 is 1.09 bits per heavy atom. The van der Waals surface area contributed by atoms with E-state index in [9.17, 15) is 19.5 Å². The second-order valence-corrected chi connectivity index (χ2v) is 9.12. The zero-order valence-electron chi connectivity index (χ0n) is 20.1. The van der Waals surface area contributed by atoms with Gasteiger partial charge in [-0.3, -0.25) is 9.59 Å². The maximum absolute atomic E-state index is 13.0. The Labute approximate surface area is 205 Å². The van der Waals surface area contributed by atoms with Crippen LogP contribution in [0.5, 0.6) is 0 Å². The van der Waals surface area contributed by atoms with Crippen LogP contribution in [0.4, 0.5) is 4.79 Å². The average Bonchev–Trinajstić information content (AvgIpc) is 3.18. The number of benzene rings is 2. The van der Waals surface area contributed by atoms with Crippen molar-refractivity contribution in [2.45, 2.75) is 44.2 Å². The topological polar surface area (TPSA) is 105 Å². The second kappa shape index (κ2) is 10.9. The van der Waals surface area contributed by atoms with E-state index in [-0.39, 0.29) is 31.4 Å². The molecule has 2 aromatic rings. The Hall–Kier alpha value is -3.39. The molecule has 2 aromatic carbocycles. The predicted molar refractivity (Wildman–Crippen MR) is 130 cm³/mol. The molecule has 2 amide bonds. The molecule has 1 fully saturated rings. The van der Waals surface area contributed by atoms with Crippen molar-refractivity contribution in [3.63, 3.8) is 0 Å². The zero-order chi connectivity index (χ0) is 24.9. The minimum atomic E-state index is -0.888. The molecular formula is C27H32N2O6. The van der Waals surface area contributed by atoms with Crippen LogP contribution < -0.4 is 5.32 Å². The summed E-state index contributed by atoms with van der Waals surface area (Å²) in [5.41, 5.74) is 4.61. The summed E-state index contributed by atoms with van der Waals surface area (Å²) in [7, 11) is 1.44. The summed E-state index contributed by atoms with van der Waals surface area (Å²) in [5, 5.41) is 12.1. The first-order valence-electron chi connectivity index (χ1n) is 12.1. The number of hydrogen-bond donors (Lipinski definition) is 2. The summed E-state index contributed by atoms with van der Waals surface area (Å²) in [4.78, 5) is 38.5. The van der Waals surface area contributed by atoms with Crippen molar-refractivity contribution < 1.29 is 29.0 Å². The number of likely N-dealkylation sites (tertiary alicyclic amines) is 1. The van der Waals surface area contributed by atoms with E-state index in [2.05, 4.69) is 29.6 Å². The first-order chi connectivity index (χ1) is 16.9. The monoisotopic (exact) mass is 480 g/mol. The van der Waals surface area contributed by atoms with Crippen LogP contribution in [0.2, 0.25) is 0 Å². The van der Waals surface area contributed by atoms with Crippen molar-refractivity contribution in [1.82, 2.24) is 10.2 Å². The predicted octanol–water partition coefficient (Wildman–Crippen LogP) is 3.64. The van der Waals surface area contributed by atoms with E-state index in [0.29, 0.717) is 19.4 Å². The average molecular weight is 481 g/mol. The van der Waals surface area contributed by atoms with Crippen LogP contribution in [0.15, 0.2) is 48.5 Å². The number of aliphatic carboxylic acids is 1. The lowest BCUT2D eigenvalue weighted by atomic mass is 9.90. The molecular weight excluding hydrogens is 448 g/mol. The van der Waals surface area contributed by atoms with Crippen molar-refractivity contribution in [2.24, 2.45) is 5.92 Å². The van der Waals surface area contributed by atoms with Crippen LogP contribution in [-0.2, 0) is 19.1 Å². The molecule has 186 valence electrons. The molecule has 4 rings (SSSR count). The third-order valence-corrected chi connectivity index (χ3v) is 7.17. The lowest BCUT2D eigenvalue weighted by Crippen LogP contribution is -2.53. The van der Waals surface area contributed by atoms with Crippen molar-refractivity contribution in [3.05, 3.63) is 59.7 Å². The lowest BCUT2D eigenvalue weighted by Gasteiger charge is -2.39. The summed E-state index contributed by atoms with van der Waals surface area (Å²) in [6.07, 6.45) is 0.147. The number of rotatable bonds is 8.